The maximum atomic E-state index is 12.3. The second-order valence-corrected chi connectivity index (χ2v) is 6.09. The van der Waals surface area contributed by atoms with E-state index in [0.29, 0.717) is 18.2 Å². The quantitative estimate of drug-likeness (QED) is 0.917. The fourth-order valence-electron chi connectivity index (χ4n) is 3.01. The fraction of sp³-hybridized carbons (Fsp3) is 0.688. The molecule has 1 atom stereocenters. The molecule has 6 heteroatoms. The molecule has 1 aromatic heterocycles. The van der Waals surface area contributed by atoms with Crippen LogP contribution >= 0.6 is 0 Å². The molecule has 3 heterocycles. The van der Waals surface area contributed by atoms with Crippen molar-refractivity contribution in [3.05, 3.63) is 17.5 Å². The third kappa shape index (κ3) is 3.74. The first kappa shape index (κ1) is 15.2. The monoisotopic (exact) mass is 304 g/mol. The number of nitrogens with zero attached hydrogens (tertiary/aromatic N) is 3. The van der Waals surface area contributed by atoms with Crippen LogP contribution in [0.1, 0.15) is 48.3 Å². The van der Waals surface area contributed by atoms with E-state index in [0.717, 1.165) is 51.1 Å². The minimum Gasteiger partial charge on any atom is -0.376 e. The molecule has 0 spiro atoms. The summed E-state index contributed by atoms with van der Waals surface area (Å²) in [5.74, 6) is 0.543. The van der Waals surface area contributed by atoms with Crippen molar-refractivity contribution in [2.45, 2.75) is 45.1 Å². The number of anilines is 1. The first-order valence-corrected chi connectivity index (χ1v) is 8.23. The van der Waals surface area contributed by atoms with E-state index in [4.69, 9.17) is 4.74 Å². The van der Waals surface area contributed by atoms with Gasteiger partial charge in [-0.15, -0.1) is 0 Å². The van der Waals surface area contributed by atoms with Crippen molar-refractivity contribution in [3.8, 4) is 0 Å². The molecule has 0 aliphatic carbocycles. The van der Waals surface area contributed by atoms with Gasteiger partial charge >= 0.3 is 0 Å². The number of rotatable bonds is 4. The average Bonchev–Trinajstić information content (AvgIpc) is 3.06. The Morgan fingerprint density at radius 3 is 2.86 bits per heavy atom. The number of carbonyl (C=O) groups excluding carboxylic acids is 1. The smallest absolute Gasteiger partial charge is 0.270 e. The first-order valence-electron chi connectivity index (χ1n) is 8.23. The largest absolute Gasteiger partial charge is 0.376 e. The van der Waals surface area contributed by atoms with E-state index >= 15 is 0 Å². The van der Waals surface area contributed by atoms with Crippen LogP contribution in [0, 0.1) is 6.92 Å². The number of ether oxygens (including phenoxy) is 1. The number of aryl methyl sites for hydroxylation is 1. The molecule has 0 unspecified atom stereocenters. The molecule has 1 N–H and O–H groups in total. The molecular formula is C16H24N4O2. The van der Waals surface area contributed by atoms with Crippen LogP contribution in [0.15, 0.2) is 6.07 Å². The standard InChI is InChI=1S/C16H24N4O2/c1-12-10-14(15(21)17-11-13-6-5-9-22-13)19-16(18-12)20-7-3-2-4-8-20/h10,13H,2-9,11H2,1H3,(H,17,21)/t13-/m0/s1. The van der Waals surface area contributed by atoms with Crippen LogP contribution in [0.5, 0.6) is 0 Å². The summed E-state index contributed by atoms with van der Waals surface area (Å²) in [7, 11) is 0. The van der Waals surface area contributed by atoms with Crippen molar-refractivity contribution in [3.63, 3.8) is 0 Å². The number of nitrogens with one attached hydrogen (secondary N) is 1. The van der Waals surface area contributed by atoms with Crippen molar-refractivity contribution < 1.29 is 9.53 Å². The molecule has 0 radical (unpaired) electrons. The summed E-state index contributed by atoms with van der Waals surface area (Å²) in [6, 6.07) is 1.75. The summed E-state index contributed by atoms with van der Waals surface area (Å²) < 4.78 is 5.53. The summed E-state index contributed by atoms with van der Waals surface area (Å²) in [4.78, 5) is 23.4. The lowest BCUT2D eigenvalue weighted by Crippen LogP contribution is -2.34. The Kier molecular flexibility index (Phi) is 4.87. The average molecular weight is 304 g/mol. The number of piperidine rings is 1. The Bertz CT molecular complexity index is 523. The van der Waals surface area contributed by atoms with Gasteiger partial charge in [-0.1, -0.05) is 0 Å². The van der Waals surface area contributed by atoms with Crippen LogP contribution in [-0.4, -0.2) is 48.2 Å². The van der Waals surface area contributed by atoms with Gasteiger partial charge in [0.25, 0.3) is 5.91 Å². The molecule has 1 amide bonds. The lowest BCUT2D eigenvalue weighted by Gasteiger charge is -2.27. The van der Waals surface area contributed by atoms with E-state index in [1.807, 2.05) is 6.92 Å². The lowest BCUT2D eigenvalue weighted by atomic mass is 10.1. The van der Waals surface area contributed by atoms with Crippen LogP contribution in [0.2, 0.25) is 0 Å². The summed E-state index contributed by atoms with van der Waals surface area (Å²) in [5.41, 5.74) is 1.28. The minimum absolute atomic E-state index is 0.140. The third-order valence-electron chi connectivity index (χ3n) is 4.23. The summed E-state index contributed by atoms with van der Waals surface area (Å²) in [6.45, 7) is 5.21. The van der Waals surface area contributed by atoms with Gasteiger partial charge in [-0.05, 0) is 45.1 Å². The van der Waals surface area contributed by atoms with Gasteiger partial charge in [0.15, 0.2) is 0 Å². The Labute approximate surface area is 131 Å². The highest BCUT2D eigenvalue weighted by molar-refractivity contribution is 5.92. The summed E-state index contributed by atoms with van der Waals surface area (Å²) >= 11 is 0. The van der Waals surface area contributed by atoms with E-state index in [2.05, 4.69) is 20.2 Å². The second kappa shape index (κ2) is 7.05. The number of hydrogen-bond acceptors (Lipinski definition) is 5. The SMILES string of the molecule is Cc1cc(C(=O)NC[C@@H]2CCCO2)nc(N2CCCCC2)n1. The van der Waals surface area contributed by atoms with Crippen LogP contribution in [0.25, 0.3) is 0 Å². The minimum atomic E-state index is -0.140. The molecule has 3 rings (SSSR count). The molecule has 2 saturated heterocycles. The summed E-state index contributed by atoms with van der Waals surface area (Å²) in [5, 5.41) is 2.93. The molecule has 120 valence electrons. The first-order chi connectivity index (χ1) is 10.7. The maximum absolute atomic E-state index is 12.3. The summed E-state index contributed by atoms with van der Waals surface area (Å²) in [6.07, 6.45) is 5.83. The molecular weight excluding hydrogens is 280 g/mol. The van der Waals surface area contributed by atoms with Crippen LogP contribution < -0.4 is 10.2 Å². The van der Waals surface area contributed by atoms with Crippen LogP contribution in [0.3, 0.4) is 0 Å². The highest BCUT2D eigenvalue weighted by Crippen LogP contribution is 2.17. The van der Waals surface area contributed by atoms with Crippen molar-refractivity contribution in [2.75, 3.05) is 31.1 Å². The van der Waals surface area contributed by atoms with Crippen molar-refractivity contribution in [1.82, 2.24) is 15.3 Å². The van der Waals surface area contributed by atoms with E-state index in [1.165, 1.54) is 6.42 Å². The Hall–Kier alpha value is -1.69. The molecule has 1 aromatic rings. The third-order valence-corrected chi connectivity index (χ3v) is 4.23. The molecule has 0 bridgehead atoms. The van der Waals surface area contributed by atoms with Gasteiger partial charge in [0.2, 0.25) is 5.95 Å². The predicted molar refractivity (Wildman–Crippen MR) is 84.1 cm³/mol. The Morgan fingerprint density at radius 1 is 1.32 bits per heavy atom. The molecule has 0 aromatic carbocycles. The predicted octanol–water partition coefficient (Wildman–Crippen LogP) is 1.68. The molecule has 2 aliphatic heterocycles. The van der Waals surface area contributed by atoms with Crippen molar-refractivity contribution >= 4 is 11.9 Å². The zero-order valence-electron chi connectivity index (χ0n) is 13.2. The number of hydrogen-bond donors (Lipinski definition) is 1. The zero-order valence-corrected chi connectivity index (χ0v) is 13.2. The van der Waals surface area contributed by atoms with Gasteiger partial charge in [0, 0.05) is 31.9 Å². The Balaban J connectivity index is 1.66. The van der Waals surface area contributed by atoms with Gasteiger partial charge in [0.05, 0.1) is 6.10 Å². The zero-order chi connectivity index (χ0) is 15.4. The molecule has 0 saturated carbocycles. The van der Waals surface area contributed by atoms with Crippen molar-refractivity contribution in [1.29, 1.82) is 0 Å². The highest BCUT2D eigenvalue weighted by Gasteiger charge is 2.19. The Morgan fingerprint density at radius 2 is 2.14 bits per heavy atom. The lowest BCUT2D eigenvalue weighted by molar-refractivity contribution is 0.0853. The number of aromatic nitrogens is 2. The van der Waals surface area contributed by atoms with Gasteiger partial charge in [-0.2, -0.15) is 0 Å². The molecule has 2 fully saturated rings. The molecule has 22 heavy (non-hydrogen) atoms. The van der Waals surface area contributed by atoms with Gasteiger partial charge in [-0.3, -0.25) is 4.79 Å². The highest BCUT2D eigenvalue weighted by atomic mass is 16.5. The van der Waals surface area contributed by atoms with Crippen LogP contribution in [-0.2, 0) is 4.74 Å². The molecule has 2 aliphatic rings. The van der Waals surface area contributed by atoms with Gasteiger partial charge in [-0.25, -0.2) is 9.97 Å². The topological polar surface area (TPSA) is 67.3 Å². The van der Waals surface area contributed by atoms with Crippen LogP contribution in [0.4, 0.5) is 5.95 Å². The van der Waals surface area contributed by atoms with Gasteiger partial charge < -0.3 is 15.0 Å². The number of amides is 1. The van der Waals surface area contributed by atoms with Gasteiger partial charge in [0.1, 0.15) is 5.69 Å². The number of carbonyl (C=O) groups is 1. The van der Waals surface area contributed by atoms with E-state index in [9.17, 15) is 4.79 Å². The second-order valence-electron chi connectivity index (χ2n) is 6.09. The fourth-order valence-corrected chi connectivity index (χ4v) is 3.01. The van der Waals surface area contributed by atoms with E-state index < -0.39 is 0 Å². The molecule has 6 nitrogen and oxygen atoms in total. The normalized spacial score (nSPS) is 21.9. The maximum Gasteiger partial charge on any atom is 0.270 e. The van der Waals surface area contributed by atoms with E-state index in [1.54, 1.807) is 6.07 Å². The van der Waals surface area contributed by atoms with E-state index in [-0.39, 0.29) is 12.0 Å². The van der Waals surface area contributed by atoms with Crippen molar-refractivity contribution in [2.24, 2.45) is 0 Å².